The molecule has 1 aromatic heterocycles. The summed E-state index contributed by atoms with van der Waals surface area (Å²) in [5.74, 6) is 2.04. The Hall–Kier alpha value is -1.09. The Morgan fingerprint density at radius 1 is 1.28 bits per heavy atom. The number of guanidine groups is 1. The third-order valence-corrected chi connectivity index (χ3v) is 3.06. The molecule has 6 nitrogen and oxygen atoms in total. The summed E-state index contributed by atoms with van der Waals surface area (Å²) >= 11 is 0. The van der Waals surface area contributed by atoms with Crippen molar-refractivity contribution in [2.45, 2.75) is 40.7 Å². The molecular formula is C18H33IN4O2. The molecule has 1 heterocycles. The highest BCUT2D eigenvalue weighted by Gasteiger charge is 2.00. The number of aromatic nitrogens is 1. The lowest BCUT2D eigenvalue weighted by molar-refractivity contribution is 0.108. The van der Waals surface area contributed by atoms with Crippen molar-refractivity contribution in [3.05, 3.63) is 23.9 Å². The van der Waals surface area contributed by atoms with Crippen LogP contribution in [0, 0.1) is 5.92 Å². The molecular weight excluding hydrogens is 431 g/mol. The van der Waals surface area contributed by atoms with Crippen LogP contribution in [0.25, 0.3) is 0 Å². The number of pyridine rings is 1. The van der Waals surface area contributed by atoms with Crippen LogP contribution in [-0.4, -0.2) is 43.9 Å². The minimum absolute atomic E-state index is 0. The molecule has 0 aliphatic carbocycles. The lowest BCUT2D eigenvalue weighted by Crippen LogP contribution is -2.38. The van der Waals surface area contributed by atoms with E-state index >= 15 is 0 Å². The van der Waals surface area contributed by atoms with Crippen LogP contribution in [0.5, 0.6) is 5.88 Å². The monoisotopic (exact) mass is 464 g/mol. The number of ether oxygens (including phenoxy) is 2. The van der Waals surface area contributed by atoms with Crippen molar-refractivity contribution >= 4 is 29.9 Å². The molecule has 0 atom stereocenters. The van der Waals surface area contributed by atoms with Crippen LogP contribution in [0.2, 0.25) is 0 Å². The van der Waals surface area contributed by atoms with Crippen molar-refractivity contribution in [2.24, 2.45) is 10.9 Å². The highest BCUT2D eigenvalue weighted by Crippen LogP contribution is 2.10. The molecule has 0 saturated heterocycles. The Morgan fingerprint density at radius 2 is 2.08 bits per heavy atom. The molecule has 0 aliphatic rings. The van der Waals surface area contributed by atoms with Gasteiger partial charge in [0.25, 0.3) is 0 Å². The van der Waals surface area contributed by atoms with Crippen molar-refractivity contribution in [1.29, 1.82) is 0 Å². The Balaban J connectivity index is 0.00000576. The summed E-state index contributed by atoms with van der Waals surface area (Å²) in [5, 5.41) is 6.58. The van der Waals surface area contributed by atoms with E-state index in [2.05, 4.69) is 41.4 Å². The van der Waals surface area contributed by atoms with E-state index in [4.69, 9.17) is 9.47 Å². The SMILES string of the molecule is CCNC(=NCc1ccnc(OCC)c1)NCCCOCC(C)C.I. The standard InChI is InChI=1S/C18H32N4O2.HI/c1-5-19-18(21-9-7-11-23-14-15(3)4)22-13-16-8-10-20-17(12-16)24-6-2;/h8,10,12,15H,5-7,9,11,13-14H2,1-4H3,(H2,19,21,22);1H. The quantitative estimate of drug-likeness (QED) is 0.228. The first-order valence-electron chi connectivity index (χ1n) is 8.83. The number of aliphatic imine (C=N–C) groups is 1. The van der Waals surface area contributed by atoms with Crippen LogP contribution in [-0.2, 0) is 11.3 Å². The summed E-state index contributed by atoms with van der Waals surface area (Å²) < 4.78 is 11.0. The van der Waals surface area contributed by atoms with Gasteiger partial charge in [0.15, 0.2) is 5.96 Å². The van der Waals surface area contributed by atoms with Gasteiger partial charge < -0.3 is 20.1 Å². The van der Waals surface area contributed by atoms with Crippen LogP contribution >= 0.6 is 24.0 Å². The molecule has 0 aromatic carbocycles. The second-order valence-electron chi connectivity index (χ2n) is 5.88. The maximum atomic E-state index is 5.58. The fourth-order valence-corrected chi connectivity index (χ4v) is 1.99. The van der Waals surface area contributed by atoms with Gasteiger partial charge in [0.05, 0.1) is 13.2 Å². The third-order valence-electron chi connectivity index (χ3n) is 3.06. The Labute approximate surface area is 169 Å². The van der Waals surface area contributed by atoms with Crippen molar-refractivity contribution in [3.63, 3.8) is 0 Å². The van der Waals surface area contributed by atoms with E-state index < -0.39 is 0 Å². The maximum absolute atomic E-state index is 5.58. The molecule has 7 heteroatoms. The molecule has 2 N–H and O–H groups in total. The predicted molar refractivity (Wildman–Crippen MR) is 114 cm³/mol. The predicted octanol–water partition coefficient (Wildman–Crippen LogP) is 3.22. The summed E-state index contributed by atoms with van der Waals surface area (Å²) in [6, 6.07) is 3.88. The fraction of sp³-hybridized carbons (Fsp3) is 0.667. The van der Waals surface area contributed by atoms with Crippen LogP contribution in [0.1, 0.15) is 39.7 Å². The van der Waals surface area contributed by atoms with Gasteiger partial charge in [0, 0.05) is 38.6 Å². The average Bonchev–Trinajstić information content (AvgIpc) is 2.56. The zero-order valence-electron chi connectivity index (χ0n) is 15.9. The van der Waals surface area contributed by atoms with Crippen LogP contribution in [0.15, 0.2) is 23.3 Å². The molecule has 0 fully saturated rings. The second kappa shape index (κ2) is 15.2. The first kappa shape index (κ1) is 23.9. The summed E-state index contributed by atoms with van der Waals surface area (Å²) in [6.45, 7) is 12.8. The number of nitrogens with zero attached hydrogens (tertiary/aromatic N) is 2. The molecule has 0 saturated carbocycles. The van der Waals surface area contributed by atoms with Gasteiger partial charge in [-0.05, 0) is 37.8 Å². The lowest BCUT2D eigenvalue weighted by atomic mass is 10.2. The van der Waals surface area contributed by atoms with Gasteiger partial charge in [-0.2, -0.15) is 0 Å². The van der Waals surface area contributed by atoms with Crippen LogP contribution in [0.4, 0.5) is 0 Å². The molecule has 0 radical (unpaired) electrons. The number of hydrogen-bond donors (Lipinski definition) is 2. The van der Waals surface area contributed by atoms with E-state index in [1.807, 2.05) is 19.1 Å². The van der Waals surface area contributed by atoms with E-state index in [1.165, 1.54) is 0 Å². The topological polar surface area (TPSA) is 67.8 Å². The fourth-order valence-electron chi connectivity index (χ4n) is 1.99. The van der Waals surface area contributed by atoms with Crippen LogP contribution in [0.3, 0.4) is 0 Å². The van der Waals surface area contributed by atoms with E-state index in [0.717, 1.165) is 44.2 Å². The van der Waals surface area contributed by atoms with Gasteiger partial charge in [-0.25, -0.2) is 9.98 Å². The smallest absolute Gasteiger partial charge is 0.213 e. The van der Waals surface area contributed by atoms with Gasteiger partial charge >= 0.3 is 0 Å². The molecule has 0 spiro atoms. The highest BCUT2D eigenvalue weighted by atomic mass is 127. The largest absolute Gasteiger partial charge is 0.478 e. The van der Waals surface area contributed by atoms with E-state index in [9.17, 15) is 0 Å². The molecule has 144 valence electrons. The Kier molecular flexibility index (Phi) is 14.5. The third kappa shape index (κ3) is 12.0. The molecule has 0 amide bonds. The number of nitrogens with one attached hydrogen (secondary N) is 2. The molecule has 0 bridgehead atoms. The summed E-state index contributed by atoms with van der Waals surface area (Å²) in [7, 11) is 0. The Morgan fingerprint density at radius 3 is 2.76 bits per heavy atom. The van der Waals surface area contributed by atoms with Gasteiger partial charge in [-0.3, -0.25) is 0 Å². The van der Waals surface area contributed by atoms with Gasteiger partial charge in [-0.15, -0.1) is 24.0 Å². The normalized spacial score (nSPS) is 11.2. The van der Waals surface area contributed by atoms with Gasteiger partial charge in [0.1, 0.15) is 0 Å². The average molecular weight is 464 g/mol. The van der Waals surface area contributed by atoms with Crippen molar-refractivity contribution < 1.29 is 9.47 Å². The summed E-state index contributed by atoms with van der Waals surface area (Å²) in [5.41, 5.74) is 1.07. The maximum Gasteiger partial charge on any atom is 0.213 e. The summed E-state index contributed by atoms with van der Waals surface area (Å²) in [4.78, 5) is 8.77. The zero-order chi connectivity index (χ0) is 17.6. The first-order valence-corrected chi connectivity index (χ1v) is 8.83. The molecule has 0 unspecified atom stereocenters. The summed E-state index contributed by atoms with van der Waals surface area (Å²) in [6.07, 6.45) is 2.71. The van der Waals surface area contributed by atoms with Gasteiger partial charge in [0.2, 0.25) is 5.88 Å². The number of rotatable bonds is 11. The lowest BCUT2D eigenvalue weighted by Gasteiger charge is -2.12. The first-order chi connectivity index (χ1) is 11.7. The minimum Gasteiger partial charge on any atom is -0.478 e. The van der Waals surface area contributed by atoms with Crippen molar-refractivity contribution in [2.75, 3.05) is 32.9 Å². The second-order valence-corrected chi connectivity index (χ2v) is 5.88. The molecule has 1 rings (SSSR count). The van der Waals surface area contributed by atoms with E-state index in [-0.39, 0.29) is 24.0 Å². The molecule has 0 aliphatic heterocycles. The van der Waals surface area contributed by atoms with Gasteiger partial charge in [-0.1, -0.05) is 13.8 Å². The van der Waals surface area contributed by atoms with E-state index in [1.54, 1.807) is 6.20 Å². The minimum atomic E-state index is 0. The van der Waals surface area contributed by atoms with Crippen LogP contribution < -0.4 is 15.4 Å². The molecule has 1 aromatic rings. The Bertz CT molecular complexity index is 484. The molecule has 25 heavy (non-hydrogen) atoms. The van der Waals surface area contributed by atoms with Crippen molar-refractivity contribution in [1.82, 2.24) is 15.6 Å². The number of hydrogen-bond acceptors (Lipinski definition) is 4. The zero-order valence-corrected chi connectivity index (χ0v) is 18.2. The van der Waals surface area contributed by atoms with E-state index in [0.29, 0.717) is 24.9 Å². The highest BCUT2D eigenvalue weighted by molar-refractivity contribution is 14.0. The van der Waals surface area contributed by atoms with Crippen molar-refractivity contribution in [3.8, 4) is 5.88 Å². The number of halogens is 1.